The summed E-state index contributed by atoms with van der Waals surface area (Å²) in [6, 6.07) is -0.360. The molecule has 1 aromatic rings. The van der Waals surface area contributed by atoms with Crippen molar-refractivity contribution in [2.75, 3.05) is 6.54 Å². The van der Waals surface area contributed by atoms with Gasteiger partial charge in [0.25, 0.3) is 0 Å². The second-order valence-electron chi connectivity index (χ2n) is 2.67. The molecule has 0 atom stereocenters. The third kappa shape index (κ3) is 1.37. The predicted octanol–water partition coefficient (Wildman–Crippen LogP) is -0.539. The summed E-state index contributed by atoms with van der Waals surface area (Å²) in [5, 5.41) is 2.43. The van der Waals surface area contributed by atoms with Gasteiger partial charge in [-0.15, -0.1) is 0 Å². The van der Waals surface area contributed by atoms with Crippen molar-refractivity contribution in [2.45, 2.75) is 6.54 Å². The molecule has 1 aromatic heterocycles. The zero-order chi connectivity index (χ0) is 9.26. The van der Waals surface area contributed by atoms with E-state index < -0.39 is 0 Å². The number of aromatic amines is 1. The molecule has 0 unspecified atom stereocenters. The number of nitrogens with zero attached hydrogens (tertiary/aromatic N) is 2. The number of imide groups is 1. The number of rotatable bonds is 2. The third-order valence-corrected chi connectivity index (χ3v) is 1.80. The smallest absolute Gasteiger partial charge is 0.325 e. The van der Waals surface area contributed by atoms with E-state index in [2.05, 4.69) is 15.3 Å². The number of aromatic nitrogens is 2. The quantitative estimate of drug-likeness (QED) is 0.600. The lowest BCUT2D eigenvalue weighted by molar-refractivity contribution is -0.125. The molecule has 1 aliphatic heterocycles. The number of carbonyl (C=O) groups excluding carboxylic acids is 2. The zero-order valence-electron chi connectivity index (χ0n) is 6.78. The van der Waals surface area contributed by atoms with E-state index >= 15 is 0 Å². The van der Waals surface area contributed by atoms with Crippen LogP contribution in [0.5, 0.6) is 0 Å². The van der Waals surface area contributed by atoms with Crippen LogP contribution in [0.15, 0.2) is 12.4 Å². The molecule has 2 N–H and O–H groups in total. The first kappa shape index (κ1) is 7.78. The van der Waals surface area contributed by atoms with E-state index in [-0.39, 0.29) is 25.0 Å². The lowest BCUT2D eigenvalue weighted by Crippen LogP contribution is -2.30. The summed E-state index contributed by atoms with van der Waals surface area (Å²) in [6.07, 6.45) is 3.22. The van der Waals surface area contributed by atoms with Crippen molar-refractivity contribution < 1.29 is 9.59 Å². The van der Waals surface area contributed by atoms with Gasteiger partial charge < -0.3 is 10.3 Å². The van der Waals surface area contributed by atoms with Gasteiger partial charge in [0, 0.05) is 12.4 Å². The van der Waals surface area contributed by atoms with Gasteiger partial charge in [0.05, 0.1) is 13.1 Å². The lowest BCUT2D eigenvalue weighted by atomic mass is 10.5. The molecule has 3 amide bonds. The Kier molecular flexibility index (Phi) is 1.73. The van der Waals surface area contributed by atoms with Crippen molar-refractivity contribution >= 4 is 11.9 Å². The van der Waals surface area contributed by atoms with Crippen LogP contribution in [0.1, 0.15) is 5.82 Å². The van der Waals surface area contributed by atoms with E-state index in [0.29, 0.717) is 5.82 Å². The molecule has 6 nitrogen and oxygen atoms in total. The minimum atomic E-state index is -0.360. The third-order valence-electron chi connectivity index (χ3n) is 1.80. The van der Waals surface area contributed by atoms with Gasteiger partial charge in [-0.25, -0.2) is 9.78 Å². The van der Waals surface area contributed by atoms with Crippen LogP contribution in [0, 0.1) is 0 Å². The van der Waals surface area contributed by atoms with Crippen molar-refractivity contribution in [3.8, 4) is 0 Å². The molecule has 0 spiro atoms. The van der Waals surface area contributed by atoms with E-state index in [1.807, 2.05) is 0 Å². The molecule has 0 bridgehead atoms. The Morgan fingerprint density at radius 2 is 2.38 bits per heavy atom. The second-order valence-corrected chi connectivity index (χ2v) is 2.67. The van der Waals surface area contributed by atoms with Crippen LogP contribution >= 0.6 is 0 Å². The van der Waals surface area contributed by atoms with Gasteiger partial charge in [0.1, 0.15) is 5.82 Å². The van der Waals surface area contributed by atoms with Crippen LogP contribution < -0.4 is 5.32 Å². The number of hydrogen-bond donors (Lipinski definition) is 2. The summed E-state index contributed by atoms with van der Waals surface area (Å²) in [4.78, 5) is 30.0. The summed E-state index contributed by atoms with van der Waals surface area (Å²) >= 11 is 0. The minimum absolute atomic E-state index is 0.0829. The molecule has 0 aliphatic carbocycles. The van der Waals surface area contributed by atoms with Gasteiger partial charge in [-0.3, -0.25) is 9.69 Å². The van der Waals surface area contributed by atoms with E-state index in [4.69, 9.17) is 0 Å². The first-order chi connectivity index (χ1) is 6.27. The van der Waals surface area contributed by atoms with Crippen LogP contribution in [-0.2, 0) is 11.3 Å². The summed E-state index contributed by atoms with van der Waals surface area (Å²) in [6.45, 7) is 0.289. The summed E-state index contributed by atoms with van der Waals surface area (Å²) < 4.78 is 0. The van der Waals surface area contributed by atoms with Gasteiger partial charge in [-0.05, 0) is 0 Å². The first-order valence-corrected chi connectivity index (χ1v) is 3.84. The molecule has 1 fully saturated rings. The molecule has 1 saturated heterocycles. The minimum Gasteiger partial charge on any atom is -0.347 e. The molecule has 2 rings (SSSR count). The molecule has 2 heterocycles. The Bertz CT molecular complexity index is 316. The van der Waals surface area contributed by atoms with Crippen molar-refractivity contribution in [1.82, 2.24) is 20.2 Å². The number of H-pyrrole nitrogens is 1. The van der Waals surface area contributed by atoms with Crippen molar-refractivity contribution in [3.05, 3.63) is 18.2 Å². The highest BCUT2D eigenvalue weighted by Crippen LogP contribution is 2.03. The van der Waals surface area contributed by atoms with Crippen LogP contribution in [0.25, 0.3) is 0 Å². The molecule has 1 aliphatic rings. The number of imidazole rings is 1. The highest BCUT2D eigenvalue weighted by molar-refractivity contribution is 6.01. The zero-order valence-corrected chi connectivity index (χ0v) is 6.78. The second kappa shape index (κ2) is 2.89. The normalized spacial score (nSPS) is 16.5. The number of carbonyl (C=O) groups is 2. The molecule has 0 saturated carbocycles. The molecular formula is C7H8N4O2. The van der Waals surface area contributed by atoms with Crippen LogP contribution in [0.4, 0.5) is 4.79 Å². The van der Waals surface area contributed by atoms with Crippen molar-refractivity contribution in [1.29, 1.82) is 0 Å². The summed E-state index contributed by atoms with van der Waals surface area (Å²) in [5.41, 5.74) is 0. The topological polar surface area (TPSA) is 78.1 Å². The highest BCUT2D eigenvalue weighted by Gasteiger charge is 2.28. The van der Waals surface area contributed by atoms with Gasteiger partial charge in [-0.1, -0.05) is 0 Å². The van der Waals surface area contributed by atoms with Crippen LogP contribution in [-0.4, -0.2) is 33.4 Å². The fourth-order valence-corrected chi connectivity index (χ4v) is 1.15. The lowest BCUT2D eigenvalue weighted by Gasteiger charge is -2.09. The Labute approximate surface area is 73.9 Å². The molecule has 68 valence electrons. The van der Waals surface area contributed by atoms with Gasteiger partial charge in [0.2, 0.25) is 5.91 Å². The van der Waals surface area contributed by atoms with Crippen LogP contribution in [0.2, 0.25) is 0 Å². The Balaban J connectivity index is 2.09. The average Bonchev–Trinajstić information content (AvgIpc) is 2.70. The highest BCUT2D eigenvalue weighted by atomic mass is 16.2. The van der Waals surface area contributed by atoms with Crippen molar-refractivity contribution in [3.63, 3.8) is 0 Å². The number of urea groups is 1. The summed E-state index contributed by atoms with van der Waals surface area (Å²) in [5.74, 6) is 0.381. The maximum atomic E-state index is 11.1. The standard InChI is InChI=1S/C7H8N4O2/c12-6-3-10-7(13)11(6)4-5-8-1-2-9-5/h1-2H,3-4H2,(H,8,9)(H,10,13). The molecule has 0 radical (unpaired) electrons. The number of amides is 3. The van der Waals surface area contributed by atoms with E-state index in [0.717, 1.165) is 4.90 Å². The molecule has 0 aromatic carbocycles. The van der Waals surface area contributed by atoms with Gasteiger partial charge in [0.15, 0.2) is 0 Å². The SMILES string of the molecule is O=C1CNC(=O)N1Cc1ncc[nH]1. The maximum absolute atomic E-state index is 11.1. The Morgan fingerprint density at radius 1 is 1.54 bits per heavy atom. The maximum Gasteiger partial charge on any atom is 0.325 e. The van der Waals surface area contributed by atoms with Gasteiger partial charge >= 0.3 is 6.03 Å². The van der Waals surface area contributed by atoms with Crippen LogP contribution in [0.3, 0.4) is 0 Å². The Hall–Kier alpha value is -1.85. The van der Waals surface area contributed by atoms with Crippen molar-refractivity contribution in [2.24, 2.45) is 0 Å². The Morgan fingerprint density at radius 3 is 2.92 bits per heavy atom. The predicted molar refractivity (Wildman–Crippen MR) is 42.5 cm³/mol. The largest absolute Gasteiger partial charge is 0.347 e. The monoisotopic (exact) mass is 180 g/mol. The van der Waals surface area contributed by atoms with Gasteiger partial charge in [-0.2, -0.15) is 0 Å². The van der Waals surface area contributed by atoms with E-state index in [1.54, 1.807) is 12.4 Å². The first-order valence-electron chi connectivity index (χ1n) is 3.84. The number of nitrogens with one attached hydrogen (secondary N) is 2. The molecule has 13 heavy (non-hydrogen) atoms. The molecule has 6 heteroatoms. The number of hydrogen-bond acceptors (Lipinski definition) is 3. The fourth-order valence-electron chi connectivity index (χ4n) is 1.15. The fraction of sp³-hybridized carbons (Fsp3) is 0.286. The molecular weight excluding hydrogens is 172 g/mol. The average molecular weight is 180 g/mol. The van der Waals surface area contributed by atoms with E-state index in [1.165, 1.54) is 0 Å². The summed E-state index contributed by atoms with van der Waals surface area (Å²) in [7, 11) is 0. The van der Waals surface area contributed by atoms with E-state index in [9.17, 15) is 9.59 Å².